The Kier molecular flexibility index (Phi) is 3.61. The average molecular weight is 239 g/mol. The van der Waals surface area contributed by atoms with Crippen molar-refractivity contribution in [1.29, 1.82) is 0 Å². The minimum Gasteiger partial charge on any atom is -0.335 e. The monoisotopic (exact) mass is 239 g/mol. The summed E-state index contributed by atoms with van der Waals surface area (Å²) in [5, 5.41) is 3.09. The quantitative estimate of drug-likeness (QED) is 0.810. The number of nitrogens with one attached hydrogen (secondary N) is 1. The second-order valence-corrected chi connectivity index (χ2v) is 5.91. The molecule has 0 aromatic carbocycles. The van der Waals surface area contributed by atoms with Crippen LogP contribution in [-0.4, -0.2) is 55.1 Å². The summed E-state index contributed by atoms with van der Waals surface area (Å²) in [7, 11) is 6.16. The molecule has 17 heavy (non-hydrogen) atoms. The lowest BCUT2D eigenvalue weighted by molar-refractivity contribution is 0.0357. The number of carbonyl (C=O) groups is 1. The molecular formula is C13H25N3O. The summed E-state index contributed by atoms with van der Waals surface area (Å²) >= 11 is 0. The third kappa shape index (κ3) is 2.57. The van der Waals surface area contributed by atoms with Crippen molar-refractivity contribution in [1.82, 2.24) is 15.1 Å². The summed E-state index contributed by atoms with van der Waals surface area (Å²) < 4.78 is 0. The molecule has 2 rings (SSSR count). The van der Waals surface area contributed by atoms with Crippen molar-refractivity contribution < 1.29 is 4.79 Å². The fraction of sp³-hybridized carbons (Fsp3) is 0.923. The fourth-order valence-corrected chi connectivity index (χ4v) is 2.68. The van der Waals surface area contributed by atoms with Crippen LogP contribution in [0, 0.1) is 0 Å². The highest BCUT2D eigenvalue weighted by molar-refractivity contribution is 5.74. The molecule has 98 valence electrons. The Morgan fingerprint density at radius 2 is 1.88 bits per heavy atom. The van der Waals surface area contributed by atoms with Crippen LogP contribution in [0.3, 0.4) is 0 Å². The van der Waals surface area contributed by atoms with E-state index < -0.39 is 0 Å². The Bertz CT molecular complexity index is 282. The van der Waals surface area contributed by atoms with E-state index in [4.69, 9.17) is 0 Å². The maximum absolute atomic E-state index is 12.0. The maximum atomic E-state index is 12.0. The third-order valence-electron chi connectivity index (χ3n) is 4.54. The molecule has 2 amide bonds. The molecule has 0 heterocycles. The second kappa shape index (κ2) is 4.84. The first-order chi connectivity index (χ1) is 8.03. The van der Waals surface area contributed by atoms with Gasteiger partial charge >= 0.3 is 6.03 Å². The van der Waals surface area contributed by atoms with E-state index in [9.17, 15) is 4.79 Å². The summed E-state index contributed by atoms with van der Waals surface area (Å²) in [6.07, 6.45) is 7.27. The number of likely N-dealkylation sites (N-methyl/N-ethyl adjacent to an activating group) is 2. The Morgan fingerprint density at radius 1 is 1.24 bits per heavy atom. The van der Waals surface area contributed by atoms with E-state index in [1.165, 1.54) is 25.7 Å². The predicted molar refractivity (Wildman–Crippen MR) is 69.1 cm³/mol. The summed E-state index contributed by atoms with van der Waals surface area (Å²) in [4.78, 5) is 16.1. The zero-order valence-electron chi connectivity index (χ0n) is 11.3. The largest absolute Gasteiger partial charge is 0.335 e. The molecule has 2 aliphatic carbocycles. The smallest absolute Gasteiger partial charge is 0.317 e. The average Bonchev–Trinajstić information content (AvgIpc) is 2.15. The zero-order valence-corrected chi connectivity index (χ0v) is 11.3. The summed E-state index contributed by atoms with van der Waals surface area (Å²) in [5.74, 6) is 0. The van der Waals surface area contributed by atoms with Gasteiger partial charge in [-0.05, 0) is 52.6 Å². The van der Waals surface area contributed by atoms with Gasteiger partial charge in [-0.25, -0.2) is 4.79 Å². The topological polar surface area (TPSA) is 35.6 Å². The number of rotatable bonds is 4. The Labute approximate surface area is 104 Å². The molecule has 0 aromatic heterocycles. The SMILES string of the molecule is CN(CC1(N(C)C)CCC1)C(=O)NC1CCC1. The van der Waals surface area contributed by atoms with Crippen LogP contribution < -0.4 is 5.32 Å². The van der Waals surface area contributed by atoms with Crippen molar-refractivity contribution in [2.24, 2.45) is 0 Å². The molecule has 1 N–H and O–H groups in total. The maximum Gasteiger partial charge on any atom is 0.317 e. The van der Waals surface area contributed by atoms with Crippen molar-refractivity contribution in [2.45, 2.75) is 50.1 Å². The number of amides is 2. The first-order valence-corrected chi connectivity index (χ1v) is 6.73. The van der Waals surface area contributed by atoms with Gasteiger partial charge in [-0.15, -0.1) is 0 Å². The second-order valence-electron chi connectivity index (χ2n) is 5.91. The molecule has 4 heteroatoms. The van der Waals surface area contributed by atoms with Crippen molar-refractivity contribution >= 4 is 6.03 Å². The fourth-order valence-electron chi connectivity index (χ4n) is 2.68. The number of nitrogens with zero attached hydrogens (tertiary/aromatic N) is 2. The first-order valence-electron chi connectivity index (χ1n) is 6.73. The molecule has 0 aromatic rings. The number of hydrogen-bond acceptors (Lipinski definition) is 2. The molecule has 0 aliphatic heterocycles. The number of urea groups is 1. The highest BCUT2D eigenvalue weighted by Crippen LogP contribution is 2.36. The first kappa shape index (κ1) is 12.7. The van der Waals surface area contributed by atoms with Gasteiger partial charge < -0.3 is 15.1 Å². The molecule has 2 aliphatic rings. The van der Waals surface area contributed by atoms with Crippen LogP contribution in [0.5, 0.6) is 0 Å². The minimum absolute atomic E-state index is 0.0998. The van der Waals surface area contributed by atoms with Crippen molar-refractivity contribution in [2.75, 3.05) is 27.7 Å². The van der Waals surface area contributed by atoms with Gasteiger partial charge in [0.05, 0.1) is 0 Å². The van der Waals surface area contributed by atoms with Crippen molar-refractivity contribution in [3.05, 3.63) is 0 Å². The molecule has 2 fully saturated rings. The van der Waals surface area contributed by atoms with Crippen LogP contribution in [0.1, 0.15) is 38.5 Å². The number of carbonyl (C=O) groups excluding carboxylic acids is 1. The van der Waals surface area contributed by atoms with Crippen LogP contribution in [0.15, 0.2) is 0 Å². The summed E-state index contributed by atoms with van der Waals surface area (Å²) in [6.45, 7) is 0.846. The molecule has 0 radical (unpaired) electrons. The van der Waals surface area contributed by atoms with Crippen LogP contribution in [0.2, 0.25) is 0 Å². The molecule has 0 unspecified atom stereocenters. The highest BCUT2D eigenvalue weighted by Gasteiger charge is 2.40. The van der Waals surface area contributed by atoms with Crippen LogP contribution >= 0.6 is 0 Å². The van der Waals surface area contributed by atoms with E-state index >= 15 is 0 Å². The van der Waals surface area contributed by atoms with Crippen LogP contribution in [0.4, 0.5) is 4.79 Å². The van der Waals surface area contributed by atoms with Crippen molar-refractivity contribution in [3.63, 3.8) is 0 Å². The lowest BCUT2D eigenvalue weighted by atomic mass is 9.75. The molecule has 0 atom stereocenters. The normalized spacial score (nSPS) is 22.8. The molecule has 0 saturated heterocycles. The van der Waals surface area contributed by atoms with Gasteiger partial charge in [-0.1, -0.05) is 0 Å². The van der Waals surface area contributed by atoms with E-state index in [0.717, 1.165) is 19.4 Å². The molecule has 0 bridgehead atoms. The standard InChI is InChI=1S/C13H25N3O/c1-15(2)13(8-5-9-13)10-16(3)12(17)14-11-6-4-7-11/h11H,4-10H2,1-3H3,(H,14,17). The number of hydrogen-bond donors (Lipinski definition) is 1. The van der Waals surface area contributed by atoms with Crippen LogP contribution in [-0.2, 0) is 0 Å². The Hall–Kier alpha value is -0.770. The van der Waals surface area contributed by atoms with E-state index in [1.54, 1.807) is 0 Å². The lowest BCUT2D eigenvalue weighted by Crippen LogP contribution is -2.59. The molecular weight excluding hydrogens is 214 g/mol. The van der Waals surface area contributed by atoms with Gasteiger partial charge in [0.2, 0.25) is 0 Å². The zero-order chi connectivity index (χ0) is 12.5. The molecule has 2 saturated carbocycles. The van der Waals surface area contributed by atoms with E-state index in [1.807, 2.05) is 11.9 Å². The van der Waals surface area contributed by atoms with E-state index in [0.29, 0.717) is 6.04 Å². The van der Waals surface area contributed by atoms with Gasteiger partial charge in [0.1, 0.15) is 0 Å². The predicted octanol–water partition coefficient (Wildman–Crippen LogP) is 1.66. The third-order valence-corrected chi connectivity index (χ3v) is 4.54. The lowest BCUT2D eigenvalue weighted by Gasteiger charge is -2.49. The highest BCUT2D eigenvalue weighted by atomic mass is 16.2. The van der Waals surface area contributed by atoms with Crippen LogP contribution in [0.25, 0.3) is 0 Å². The van der Waals surface area contributed by atoms with Gasteiger partial charge in [-0.3, -0.25) is 0 Å². The van der Waals surface area contributed by atoms with Crippen molar-refractivity contribution in [3.8, 4) is 0 Å². The Balaban J connectivity index is 1.82. The van der Waals surface area contributed by atoms with Gasteiger partial charge in [0.15, 0.2) is 0 Å². The van der Waals surface area contributed by atoms with E-state index in [2.05, 4.69) is 24.3 Å². The molecule has 4 nitrogen and oxygen atoms in total. The van der Waals surface area contributed by atoms with E-state index in [-0.39, 0.29) is 11.6 Å². The molecule has 0 spiro atoms. The van der Waals surface area contributed by atoms with Gasteiger partial charge in [-0.2, -0.15) is 0 Å². The van der Waals surface area contributed by atoms with Gasteiger partial charge in [0, 0.05) is 25.2 Å². The minimum atomic E-state index is 0.0998. The summed E-state index contributed by atoms with van der Waals surface area (Å²) in [5.41, 5.74) is 0.228. The summed E-state index contributed by atoms with van der Waals surface area (Å²) in [6, 6.07) is 0.532. The Morgan fingerprint density at radius 3 is 2.24 bits per heavy atom. The van der Waals surface area contributed by atoms with Gasteiger partial charge in [0.25, 0.3) is 0 Å².